The lowest BCUT2D eigenvalue weighted by molar-refractivity contribution is -0.146. The molecule has 0 aliphatic carbocycles. The number of methoxy groups -OCH3 is 1. The lowest BCUT2D eigenvalue weighted by Crippen LogP contribution is -2.58. The van der Waals surface area contributed by atoms with Crippen LogP contribution in [0.2, 0.25) is 0 Å². The van der Waals surface area contributed by atoms with Crippen molar-refractivity contribution in [1.82, 2.24) is 16.0 Å². The highest BCUT2D eigenvalue weighted by Gasteiger charge is 2.31. The van der Waals surface area contributed by atoms with E-state index in [9.17, 15) is 19.2 Å². The molecule has 0 unspecified atom stereocenters. The topological polar surface area (TPSA) is 123 Å². The van der Waals surface area contributed by atoms with Crippen molar-refractivity contribution in [3.05, 3.63) is 71.8 Å². The van der Waals surface area contributed by atoms with Gasteiger partial charge in [-0.1, -0.05) is 74.5 Å². The number of carbonyl (C=O) groups is 4. The summed E-state index contributed by atoms with van der Waals surface area (Å²) in [6.45, 7) is 9.25. The maximum absolute atomic E-state index is 13.6. The van der Waals surface area contributed by atoms with Gasteiger partial charge in [0.05, 0.1) is 19.3 Å². The van der Waals surface area contributed by atoms with Gasteiger partial charge in [-0.3, -0.25) is 14.4 Å². The number of rotatable bonds is 15. The number of amides is 3. The second-order valence-electron chi connectivity index (χ2n) is 11.5. The smallest absolute Gasteiger partial charge is 0.328 e. The minimum Gasteiger partial charge on any atom is -0.467 e. The molecule has 0 fully saturated rings. The summed E-state index contributed by atoms with van der Waals surface area (Å²) in [5.41, 5.74) is 1.29. The number of aryl methyl sites for hydroxylation is 1. The third-order valence-electron chi connectivity index (χ3n) is 6.24. The second-order valence-corrected chi connectivity index (χ2v) is 11.5. The van der Waals surface area contributed by atoms with Gasteiger partial charge in [0.2, 0.25) is 17.7 Å². The van der Waals surface area contributed by atoms with E-state index >= 15 is 0 Å². The Morgan fingerprint density at radius 2 is 1.29 bits per heavy atom. The number of nitrogens with one attached hydrogen (secondary N) is 3. The van der Waals surface area contributed by atoms with Gasteiger partial charge in [0.25, 0.3) is 0 Å². The molecule has 2 aromatic carbocycles. The third-order valence-corrected chi connectivity index (χ3v) is 6.24. The van der Waals surface area contributed by atoms with Crippen molar-refractivity contribution in [3.8, 4) is 0 Å². The number of ether oxygens (including phenoxy) is 2. The molecule has 0 heterocycles. The van der Waals surface area contributed by atoms with E-state index in [-0.39, 0.29) is 31.3 Å². The number of esters is 1. The van der Waals surface area contributed by atoms with E-state index < -0.39 is 41.5 Å². The summed E-state index contributed by atoms with van der Waals surface area (Å²) < 4.78 is 10.7. The van der Waals surface area contributed by atoms with Crippen LogP contribution in [0.1, 0.15) is 58.6 Å². The van der Waals surface area contributed by atoms with Crippen LogP contribution in [-0.4, -0.2) is 61.1 Å². The van der Waals surface area contributed by atoms with E-state index in [0.717, 1.165) is 11.1 Å². The van der Waals surface area contributed by atoms with Crippen molar-refractivity contribution in [2.45, 2.75) is 84.0 Å². The summed E-state index contributed by atoms with van der Waals surface area (Å²) in [6.07, 6.45) is 1.33. The lowest BCUT2D eigenvalue weighted by atomic mass is 10.0. The predicted octanol–water partition coefficient (Wildman–Crippen LogP) is 3.35. The largest absolute Gasteiger partial charge is 0.467 e. The fourth-order valence-corrected chi connectivity index (χ4v) is 4.12. The van der Waals surface area contributed by atoms with Gasteiger partial charge in [-0.25, -0.2) is 4.79 Å². The molecule has 2 rings (SSSR count). The van der Waals surface area contributed by atoms with Crippen molar-refractivity contribution in [2.24, 2.45) is 5.92 Å². The first kappa shape index (κ1) is 33.5. The molecule has 3 atom stereocenters. The molecule has 0 aromatic heterocycles. The first-order valence-electron chi connectivity index (χ1n) is 14.1. The SMILES string of the molecule is COC(=O)[C@H](CC(C)C)NC(=O)[C@H](COC(C)(C)C)NC(=O)[C@H](Cc1ccccc1)NC(=O)CCc1ccccc1. The van der Waals surface area contributed by atoms with Crippen molar-refractivity contribution in [1.29, 1.82) is 0 Å². The van der Waals surface area contributed by atoms with Gasteiger partial charge in [-0.05, 0) is 50.7 Å². The Bertz CT molecular complexity index is 1120. The van der Waals surface area contributed by atoms with Crippen LogP contribution in [0, 0.1) is 5.92 Å². The summed E-state index contributed by atoms with van der Waals surface area (Å²) in [5, 5.41) is 8.32. The fourth-order valence-electron chi connectivity index (χ4n) is 4.12. The molecule has 3 amide bonds. The molecular weight excluding hydrogens is 522 g/mol. The van der Waals surface area contributed by atoms with Gasteiger partial charge in [0.15, 0.2) is 0 Å². The van der Waals surface area contributed by atoms with Crippen LogP contribution in [0.25, 0.3) is 0 Å². The monoisotopic (exact) mass is 567 g/mol. The van der Waals surface area contributed by atoms with Crippen molar-refractivity contribution < 1.29 is 28.7 Å². The summed E-state index contributed by atoms with van der Waals surface area (Å²) in [6, 6.07) is 16.0. The van der Waals surface area contributed by atoms with Gasteiger partial charge in [0.1, 0.15) is 18.1 Å². The van der Waals surface area contributed by atoms with Crippen LogP contribution in [0.4, 0.5) is 0 Å². The van der Waals surface area contributed by atoms with Crippen LogP contribution in [0.15, 0.2) is 60.7 Å². The number of hydrogen-bond donors (Lipinski definition) is 3. The molecule has 0 saturated carbocycles. The van der Waals surface area contributed by atoms with E-state index in [1.165, 1.54) is 7.11 Å². The maximum atomic E-state index is 13.6. The van der Waals surface area contributed by atoms with Gasteiger partial charge in [0, 0.05) is 12.8 Å². The molecule has 0 radical (unpaired) electrons. The Morgan fingerprint density at radius 1 is 0.756 bits per heavy atom. The Morgan fingerprint density at radius 3 is 1.83 bits per heavy atom. The van der Waals surface area contributed by atoms with Crippen molar-refractivity contribution >= 4 is 23.7 Å². The molecule has 2 aromatic rings. The van der Waals surface area contributed by atoms with Crippen LogP contribution in [-0.2, 0) is 41.5 Å². The standard InChI is InChI=1S/C32H45N3O6/c1-22(2)19-26(31(39)40-6)34-30(38)27(21-41-32(3,4)5)35-29(37)25(20-24-15-11-8-12-16-24)33-28(36)18-17-23-13-9-7-10-14-23/h7-16,22,25-27H,17-21H2,1-6H3,(H,33,36)(H,34,38)(H,35,37)/t25-,26-,27-/m0/s1. The zero-order valence-corrected chi connectivity index (χ0v) is 25.1. The molecule has 0 saturated heterocycles. The fraction of sp³-hybridized carbons (Fsp3) is 0.500. The molecule has 41 heavy (non-hydrogen) atoms. The van der Waals surface area contributed by atoms with Crippen molar-refractivity contribution in [2.75, 3.05) is 13.7 Å². The van der Waals surface area contributed by atoms with Crippen LogP contribution < -0.4 is 16.0 Å². The van der Waals surface area contributed by atoms with Crippen LogP contribution >= 0.6 is 0 Å². The number of carbonyl (C=O) groups excluding carboxylic acids is 4. The normalized spacial score (nSPS) is 13.5. The number of hydrogen-bond acceptors (Lipinski definition) is 6. The van der Waals surface area contributed by atoms with Gasteiger partial charge < -0.3 is 25.4 Å². The van der Waals surface area contributed by atoms with E-state index in [1.54, 1.807) is 0 Å². The van der Waals surface area contributed by atoms with Crippen LogP contribution in [0.3, 0.4) is 0 Å². The maximum Gasteiger partial charge on any atom is 0.328 e. The first-order chi connectivity index (χ1) is 19.4. The Kier molecular flexibility index (Phi) is 13.5. The van der Waals surface area contributed by atoms with Gasteiger partial charge in [-0.15, -0.1) is 0 Å². The van der Waals surface area contributed by atoms with E-state index in [1.807, 2.05) is 95.3 Å². The molecular formula is C32H45N3O6. The van der Waals surface area contributed by atoms with E-state index in [0.29, 0.717) is 12.8 Å². The Hall–Kier alpha value is -3.72. The minimum absolute atomic E-state index is 0.111. The highest BCUT2D eigenvalue weighted by molar-refractivity contribution is 5.93. The third kappa shape index (κ3) is 13.0. The lowest BCUT2D eigenvalue weighted by Gasteiger charge is -2.28. The zero-order valence-electron chi connectivity index (χ0n) is 25.1. The minimum atomic E-state index is -1.11. The molecule has 9 nitrogen and oxygen atoms in total. The Labute approximate surface area is 243 Å². The molecule has 0 aliphatic rings. The molecule has 0 spiro atoms. The predicted molar refractivity (Wildman–Crippen MR) is 158 cm³/mol. The average Bonchev–Trinajstić information content (AvgIpc) is 2.93. The first-order valence-corrected chi connectivity index (χ1v) is 14.1. The summed E-state index contributed by atoms with van der Waals surface area (Å²) in [7, 11) is 1.26. The zero-order chi connectivity index (χ0) is 30.4. The molecule has 3 N–H and O–H groups in total. The van der Waals surface area contributed by atoms with Crippen LogP contribution in [0.5, 0.6) is 0 Å². The molecule has 9 heteroatoms. The van der Waals surface area contributed by atoms with E-state index in [2.05, 4.69) is 16.0 Å². The number of benzene rings is 2. The average molecular weight is 568 g/mol. The second kappa shape index (κ2) is 16.5. The molecule has 224 valence electrons. The quantitative estimate of drug-likeness (QED) is 0.284. The highest BCUT2D eigenvalue weighted by Crippen LogP contribution is 2.11. The summed E-state index contributed by atoms with van der Waals surface area (Å²) in [5.74, 6) is -1.84. The Balaban J connectivity index is 2.22. The summed E-state index contributed by atoms with van der Waals surface area (Å²) in [4.78, 5) is 52.2. The highest BCUT2D eigenvalue weighted by atomic mass is 16.5. The molecule has 0 aliphatic heterocycles. The summed E-state index contributed by atoms with van der Waals surface area (Å²) >= 11 is 0. The van der Waals surface area contributed by atoms with E-state index in [4.69, 9.17) is 9.47 Å². The molecule has 0 bridgehead atoms. The van der Waals surface area contributed by atoms with Gasteiger partial charge in [-0.2, -0.15) is 0 Å². The van der Waals surface area contributed by atoms with Gasteiger partial charge >= 0.3 is 5.97 Å². The van der Waals surface area contributed by atoms with Crippen molar-refractivity contribution in [3.63, 3.8) is 0 Å².